The van der Waals surface area contributed by atoms with Crippen LogP contribution in [0, 0.1) is 6.92 Å². The first-order valence-electron chi connectivity index (χ1n) is 6.91. The van der Waals surface area contributed by atoms with E-state index in [0.717, 1.165) is 54.7 Å². The average Bonchev–Trinajstić information content (AvgIpc) is 2.89. The Morgan fingerprint density at radius 2 is 2.15 bits per heavy atom. The van der Waals surface area contributed by atoms with Crippen LogP contribution >= 0.6 is 0 Å². The Labute approximate surface area is 116 Å². The van der Waals surface area contributed by atoms with Gasteiger partial charge in [-0.1, -0.05) is 6.07 Å². The highest BCUT2D eigenvalue weighted by Crippen LogP contribution is 2.24. The van der Waals surface area contributed by atoms with Crippen molar-refractivity contribution in [2.24, 2.45) is 0 Å². The number of nitrogens with zero attached hydrogens (tertiary/aromatic N) is 5. The molecule has 0 atom stereocenters. The van der Waals surface area contributed by atoms with Gasteiger partial charge in [-0.3, -0.25) is 4.40 Å². The van der Waals surface area contributed by atoms with Crippen LogP contribution < -0.4 is 5.32 Å². The molecule has 0 bridgehead atoms. The van der Waals surface area contributed by atoms with Gasteiger partial charge in [0.05, 0.1) is 5.69 Å². The molecule has 0 radical (unpaired) electrons. The third-order valence-electron chi connectivity index (χ3n) is 3.78. The highest BCUT2D eigenvalue weighted by Gasteiger charge is 2.20. The van der Waals surface area contributed by atoms with Gasteiger partial charge in [-0.2, -0.15) is 0 Å². The molecule has 102 valence electrons. The highest BCUT2D eigenvalue weighted by molar-refractivity contribution is 5.61. The van der Waals surface area contributed by atoms with E-state index in [0.29, 0.717) is 0 Å². The molecule has 0 aliphatic carbocycles. The van der Waals surface area contributed by atoms with Crippen LogP contribution in [0.5, 0.6) is 0 Å². The van der Waals surface area contributed by atoms with E-state index in [1.165, 1.54) is 0 Å². The SMILES string of the molecule is Cc1nc2ccccn2c1-c1nnc2n1CCNCC2. The zero-order valence-electron chi connectivity index (χ0n) is 11.4. The maximum Gasteiger partial charge on any atom is 0.182 e. The first-order chi connectivity index (χ1) is 9.84. The molecule has 0 fully saturated rings. The number of hydrogen-bond acceptors (Lipinski definition) is 4. The minimum atomic E-state index is 0.900. The van der Waals surface area contributed by atoms with E-state index in [-0.39, 0.29) is 0 Å². The molecule has 20 heavy (non-hydrogen) atoms. The molecular formula is C14H16N6. The summed E-state index contributed by atoms with van der Waals surface area (Å²) in [6.45, 7) is 4.84. The largest absolute Gasteiger partial charge is 0.315 e. The number of aryl methyl sites for hydroxylation is 1. The highest BCUT2D eigenvalue weighted by atomic mass is 15.3. The second-order valence-corrected chi connectivity index (χ2v) is 5.07. The van der Waals surface area contributed by atoms with Crippen molar-refractivity contribution in [3.8, 4) is 11.5 Å². The van der Waals surface area contributed by atoms with E-state index in [4.69, 9.17) is 0 Å². The van der Waals surface area contributed by atoms with Crippen LogP contribution in [0.15, 0.2) is 24.4 Å². The summed E-state index contributed by atoms with van der Waals surface area (Å²) in [6, 6.07) is 6.02. The number of imidazole rings is 1. The Balaban J connectivity index is 1.96. The fourth-order valence-corrected chi connectivity index (χ4v) is 2.83. The van der Waals surface area contributed by atoms with Crippen molar-refractivity contribution in [3.63, 3.8) is 0 Å². The lowest BCUT2D eigenvalue weighted by Crippen LogP contribution is -2.17. The molecule has 0 spiro atoms. The van der Waals surface area contributed by atoms with Crippen molar-refractivity contribution < 1.29 is 0 Å². The lowest BCUT2D eigenvalue weighted by atomic mass is 10.3. The summed E-state index contributed by atoms with van der Waals surface area (Å²) in [7, 11) is 0. The summed E-state index contributed by atoms with van der Waals surface area (Å²) < 4.78 is 4.30. The lowest BCUT2D eigenvalue weighted by molar-refractivity contribution is 0.646. The quantitative estimate of drug-likeness (QED) is 0.716. The Morgan fingerprint density at radius 1 is 1.20 bits per heavy atom. The molecule has 4 heterocycles. The third-order valence-corrected chi connectivity index (χ3v) is 3.78. The number of nitrogens with one attached hydrogen (secondary N) is 1. The van der Waals surface area contributed by atoms with Crippen molar-refractivity contribution in [1.82, 2.24) is 29.5 Å². The van der Waals surface area contributed by atoms with Gasteiger partial charge in [-0.25, -0.2) is 4.98 Å². The fourth-order valence-electron chi connectivity index (χ4n) is 2.83. The molecule has 0 amide bonds. The molecule has 1 aliphatic heterocycles. The second kappa shape index (κ2) is 4.42. The van der Waals surface area contributed by atoms with Gasteiger partial charge in [-0.15, -0.1) is 10.2 Å². The Bertz CT molecular complexity index is 769. The summed E-state index contributed by atoms with van der Waals surface area (Å²) >= 11 is 0. The van der Waals surface area contributed by atoms with E-state index in [9.17, 15) is 0 Å². The molecule has 0 saturated carbocycles. The monoisotopic (exact) mass is 268 g/mol. The number of aromatic nitrogens is 5. The van der Waals surface area contributed by atoms with Gasteiger partial charge in [0, 0.05) is 32.3 Å². The Morgan fingerprint density at radius 3 is 3.10 bits per heavy atom. The minimum absolute atomic E-state index is 0.900. The summed E-state index contributed by atoms with van der Waals surface area (Å²) in [5.74, 6) is 1.97. The molecule has 3 aromatic heterocycles. The molecule has 6 nitrogen and oxygen atoms in total. The maximum absolute atomic E-state index is 4.61. The zero-order valence-corrected chi connectivity index (χ0v) is 11.4. The van der Waals surface area contributed by atoms with Gasteiger partial charge >= 0.3 is 0 Å². The van der Waals surface area contributed by atoms with E-state index < -0.39 is 0 Å². The normalized spacial score (nSPS) is 15.2. The number of hydrogen-bond donors (Lipinski definition) is 1. The Hall–Kier alpha value is -2.21. The van der Waals surface area contributed by atoms with E-state index in [2.05, 4.69) is 29.5 Å². The van der Waals surface area contributed by atoms with Crippen LogP contribution in [0.2, 0.25) is 0 Å². The molecule has 4 rings (SSSR count). The molecule has 1 N–H and O–H groups in total. The maximum atomic E-state index is 4.61. The molecule has 1 aliphatic rings. The van der Waals surface area contributed by atoms with E-state index in [1.807, 2.05) is 31.3 Å². The average molecular weight is 268 g/mol. The standard InChI is InChI=1S/C14H16N6/c1-10-13(19-8-3-2-4-11(19)16-10)14-18-17-12-5-6-15-7-9-20(12)14/h2-4,8,15H,5-7,9H2,1H3. The zero-order chi connectivity index (χ0) is 13.5. The van der Waals surface area contributed by atoms with Gasteiger partial charge < -0.3 is 9.88 Å². The van der Waals surface area contributed by atoms with E-state index >= 15 is 0 Å². The summed E-state index contributed by atoms with van der Waals surface area (Å²) in [5.41, 5.74) is 2.98. The molecular weight excluding hydrogens is 252 g/mol. The van der Waals surface area contributed by atoms with Gasteiger partial charge in [0.1, 0.15) is 17.2 Å². The van der Waals surface area contributed by atoms with Crippen LogP contribution in [-0.4, -0.2) is 37.2 Å². The first-order valence-corrected chi connectivity index (χ1v) is 6.91. The number of pyridine rings is 1. The third kappa shape index (κ3) is 1.65. The summed E-state index contributed by atoms with van der Waals surface area (Å²) in [5, 5.41) is 12.2. The summed E-state index contributed by atoms with van der Waals surface area (Å²) in [6.07, 6.45) is 2.95. The predicted molar refractivity (Wildman–Crippen MR) is 75.5 cm³/mol. The van der Waals surface area contributed by atoms with Gasteiger partial charge in [0.15, 0.2) is 5.82 Å². The van der Waals surface area contributed by atoms with Crippen molar-refractivity contribution in [2.45, 2.75) is 19.9 Å². The molecule has 3 aromatic rings. The van der Waals surface area contributed by atoms with Gasteiger partial charge in [0.2, 0.25) is 0 Å². The van der Waals surface area contributed by atoms with Crippen molar-refractivity contribution >= 4 is 5.65 Å². The van der Waals surface area contributed by atoms with Crippen LogP contribution in [0.25, 0.3) is 17.2 Å². The number of fused-ring (bicyclic) bond motifs is 2. The van der Waals surface area contributed by atoms with Gasteiger partial charge in [0.25, 0.3) is 0 Å². The molecule has 6 heteroatoms. The first kappa shape index (κ1) is 11.6. The van der Waals surface area contributed by atoms with Crippen molar-refractivity contribution in [2.75, 3.05) is 13.1 Å². The predicted octanol–water partition coefficient (Wildman–Crippen LogP) is 1.05. The second-order valence-electron chi connectivity index (χ2n) is 5.07. The lowest BCUT2D eigenvalue weighted by Gasteiger charge is -2.07. The van der Waals surface area contributed by atoms with E-state index in [1.54, 1.807) is 0 Å². The smallest absolute Gasteiger partial charge is 0.182 e. The van der Waals surface area contributed by atoms with Gasteiger partial charge in [-0.05, 0) is 19.1 Å². The number of rotatable bonds is 1. The van der Waals surface area contributed by atoms with Crippen LogP contribution in [0.4, 0.5) is 0 Å². The van der Waals surface area contributed by atoms with Crippen molar-refractivity contribution in [3.05, 3.63) is 35.9 Å². The Kier molecular flexibility index (Phi) is 2.56. The molecule has 0 saturated heterocycles. The molecule has 0 aromatic carbocycles. The fraction of sp³-hybridized carbons (Fsp3) is 0.357. The minimum Gasteiger partial charge on any atom is -0.315 e. The summed E-state index contributed by atoms with van der Waals surface area (Å²) in [4.78, 5) is 4.61. The van der Waals surface area contributed by atoms with Crippen molar-refractivity contribution in [1.29, 1.82) is 0 Å². The van der Waals surface area contributed by atoms with Crippen LogP contribution in [0.3, 0.4) is 0 Å². The topological polar surface area (TPSA) is 60.0 Å². The van der Waals surface area contributed by atoms with Crippen LogP contribution in [-0.2, 0) is 13.0 Å². The molecule has 0 unspecified atom stereocenters. The van der Waals surface area contributed by atoms with Crippen LogP contribution in [0.1, 0.15) is 11.5 Å².